The van der Waals surface area contributed by atoms with Crippen molar-refractivity contribution in [3.63, 3.8) is 0 Å². The molecule has 18 heavy (non-hydrogen) atoms. The SMILES string of the molecule is CC(C)(C)OC(=O)[C@@H](N)Cc1cc(O)ccc1I. The first kappa shape index (κ1) is 15.2. The highest BCUT2D eigenvalue weighted by atomic mass is 127. The molecule has 1 atom stereocenters. The number of hydrogen-bond acceptors (Lipinski definition) is 4. The van der Waals surface area contributed by atoms with Crippen LogP contribution in [-0.4, -0.2) is 22.7 Å². The van der Waals surface area contributed by atoms with Gasteiger partial charge < -0.3 is 15.6 Å². The predicted octanol–water partition coefficient (Wildman–Crippen LogP) is 2.21. The van der Waals surface area contributed by atoms with E-state index in [1.807, 2.05) is 0 Å². The van der Waals surface area contributed by atoms with Crippen LogP contribution in [0.1, 0.15) is 26.3 Å². The topological polar surface area (TPSA) is 72.5 Å². The minimum Gasteiger partial charge on any atom is -0.508 e. The van der Waals surface area contributed by atoms with Crippen molar-refractivity contribution in [2.24, 2.45) is 5.73 Å². The summed E-state index contributed by atoms with van der Waals surface area (Å²) in [5.74, 6) is -0.261. The highest BCUT2D eigenvalue weighted by molar-refractivity contribution is 14.1. The van der Waals surface area contributed by atoms with E-state index in [-0.39, 0.29) is 5.75 Å². The summed E-state index contributed by atoms with van der Waals surface area (Å²) in [4.78, 5) is 11.7. The average molecular weight is 363 g/mol. The van der Waals surface area contributed by atoms with Gasteiger partial charge in [-0.1, -0.05) is 0 Å². The van der Waals surface area contributed by atoms with Gasteiger partial charge in [-0.25, -0.2) is 0 Å². The number of ether oxygens (including phenoxy) is 1. The molecule has 0 spiro atoms. The summed E-state index contributed by atoms with van der Waals surface area (Å²) in [5, 5.41) is 9.42. The van der Waals surface area contributed by atoms with E-state index in [2.05, 4.69) is 22.6 Å². The quantitative estimate of drug-likeness (QED) is 0.638. The highest BCUT2D eigenvalue weighted by Crippen LogP contribution is 2.20. The van der Waals surface area contributed by atoms with Crippen molar-refractivity contribution >= 4 is 28.6 Å². The minimum absolute atomic E-state index is 0.168. The Hall–Kier alpha value is -0.820. The summed E-state index contributed by atoms with van der Waals surface area (Å²) in [7, 11) is 0. The normalized spacial score (nSPS) is 13.2. The van der Waals surface area contributed by atoms with Crippen LogP contribution in [0, 0.1) is 3.57 Å². The number of aromatic hydroxyl groups is 1. The van der Waals surface area contributed by atoms with Gasteiger partial charge in [0.15, 0.2) is 0 Å². The van der Waals surface area contributed by atoms with Crippen LogP contribution in [0.3, 0.4) is 0 Å². The van der Waals surface area contributed by atoms with E-state index < -0.39 is 17.6 Å². The summed E-state index contributed by atoms with van der Waals surface area (Å²) < 4.78 is 6.18. The maximum atomic E-state index is 11.7. The standard InChI is InChI=1S/C13H18INO3/c1-13(2,3)18-12(17)11(15)7-8-6-9(16)4-5-10(8)14/h4-6,11,16H,7,15H2,1-3H3/t11-/m0/s1. The van der Waals surface area contributed by atoms with Gasteiger partial charge in [0.2, 0.25) is 0 Å². The molecule has 4 nitrogen and oxygen atoms in total. The summed E-state index contributed by atoms with van der Waals surface area (Å²) in [5.41, 5.74) is 6.12. The van der Waals surface area contributed by atoms with Gasteiger partial charge >= 0.3 is 5.97 Å². The van der Waals surface area contributed by atoms with Crippen LogP contribution in [0.4, 0.5) is 0 Å². The van der Waals surface area contributed by atoms with Crippen molar-refractivity contribution < 1.29 is 14.6 Å². The van der Waals surface area contributed by atoms with Crippen molar-refractivity contribution in [2.45, 2.75) is 38.8 Å². The molecule has 0 unspecified atom stereocenters. The second-order valence-corrected chi connectivity index (χ2v) is 6.28. The number of hydrogen-bond donors (Lipinski definition) is 2. The third-order valence-corrected chi connectivity index (χ3v) is 3.23. The van der Waals surface area contributed by atoms with E-state index in [1.165, 1.54) is 0 Å². The number of rotatable bonds is 3. The molecule has 0 bridgehead atoms. The van der Waals surface area contributed by atoms with Gasteiger partial charge in [-0.3, -0.25) is 4.79 Å². The van der Waals surface area contributed by atoms with Crippen LogP contribution in [0.2, 0.25) is 0 Å². The second kappa shape index (κ2) is 5.88. The Bertz CT molecular complexity index is 440. The third-order valence-electron chi connectivity index (χ3n) is 2.18. The fourth-order valence-electron chi connectivity index (χ4n) is 1.42. The van der Waals surface area contributed by atoms with E-state index in [9.17, 15) is 9.90 Å². The van der Waals surface area contributed by atoms with Crippen molar-refractivity contribution in [2.75, 3.05) is 0 Å². The van der Waals surface area contributed by atoms with Gasteiger partial charge in [0.25, 0.3) is 0 Å². The summed E-state index contributed by atoms with van der Waals surface area (Å²) in [6, 6.07) is 4.28. The Labute approximate surface area is 121 Å². The first-order valence-corrected chi connectivity index (χ1v) is 6.73. The number of phenolic OH excluding ortho intramolecular Hbond substituents is 1. The van der Waals surface area contributed by atoms with Crippen LogP contribution in [0.25, 0.3) is 0 Å². The van der Waals surface area contributed by atoms with Gasteiger partial charge in [0.05, 0.1) is 0 Å². The molecule has 5 heteroatoms. The molecule has 1 aromatic carbocycles. The number of halogens is 1. The summed E-state index contributed by atoms with van der Waals surface area (Å²) in [6.07, 6.45) is 0.349. The van der Waals surface area contributed by atoms with E-state index in [4.69, 9.17) is 10.5 Å². The van der Waals surface area contributed by atoms with Crippen molar-refractivity contribution in [3.8, 4) is 5.75 Å². The Morgan fingerprint density at radius 1 is 1.50 bits per heavy atom. The summed E-state index contributed by atoms with van der Waals surface area (Å²) in [6.45, 7) is 5.40. The van der Waals surface area contributed by atoms with Crippen molar-refractivity contribution in [1.82, 2.24) is 0 Å². The number of benzene rings is 1. The Kier molecular flexibility index (Phi) is 4.98. The molecule has 0 aromatic heterocycles. The number of esters is 1. The van der Waals surface area contributed by atoms with Gasteiger partial charge in [-0.2, -0.15) is 0 Å². The molecule has 1 rings (SSSR count). The smallest absolute Gasteiger partial charge is 0.323 e. The van der Waals surface area contributed by atoms with Crippen molar-refractivity contribution in [1.29, 1.82) is 0 Å². The second-order valence-electron chi connectivity index (χ2n) is 5.12. The molecule has 0 heterocycles. The van der Waals surface area contributed by atoms with Crippen LogP contribution >= 0.6 is 22.6 Å². The molecule has 0 aliphatic heterocycles. The number of nitrogens with two attached hydrogens (primary N) is 1. The van der Waals surface area contributed by atoms with Gasteiger partial charge in [0.1, 0.15) is 17.4 Å². The largest absolute Gasteiger partial charge is 0.508 e. The fraction of sp³-hybridized carbons (Fsp3) is 0.462. The zero-order valence-corrected chi connectivity index (χ0v) is 12.9. The fourth-order valence-corrected chi connectivity index (χ4v) is 1.97. The van der Waals surface area contributed by atoms with Gasteiger partial charge in [-0.05, 0) is 73.5 Å². The lowest BCUT2D eigenvalue weighted by Crippen LogP contribution is -2.38. The molecule has 0 radical (unpaired) electrons. The lowest BCUT2D eigenvalue weighted by atomic mass is 10.1. The van der Waals surface area contributed by atoms with Gasteiger partial charge in [0, 0.05) is 3.57 Å². The molecule has 1 aromatic rings. The zero-order valence-electron chi connectivity index (χ0n) is 10.7. The zero-order chi connectivity index (χ0) is 13.9. The monoisotopic (exact) mass is 363 g/mol. The van der Waals surface area contributed by atoms with E-state index in [0.717, 1.165) is 9.13 Å². The lowest BCUT2D eigenvalue weighted by molar-refractivity contribution is -0.156. The number of carbonyl (C=O) groups is 1. The number of carbonyl (C=O) groups excluding carboxylic acids is 1. The minimum atomic E-state index is -0.723. The predicted molar refractivity (Wildman–Crippen MR) is 78.3 cm³/mol. The molecular weight excluding hydrogens is 345 g/mol. The molecule has 0 saturated carbocycles. The average Bonchev–Trinajstić information content (AvgIpc) is 2.21. The molecule has 100 valence electrons. The Balaban J connectivity index is 2.72. The van der Waals surface area contributed by atoms with Crippen LogP contribution < -0.4 is 5.73 Å². The maximum absolute atomic E-state index is 11.7. The molecule has 0 amide bonds. The molecule has 0 saturated heterocycles. The van der Waals surface area contributed by atoms with E-state index in [0.29, 0.717) is 6.42 Å². The summed E-state index contributed by atoms with van der Waals surface area (Å²) >= 11 is 2.14. The first-order valence-electron chi connectivity index (χ1n) is 5.65. The lowest BCUT2D eigenvalue weighted by Gasteiger charge is -2.22. The molecular formula is C13H18INO3. The van der Waals surface area contributed by atoms with E-state index in [1.54, 1.807) is 39.0 Å². The van der Waals surface area contributed by atoms with Crippen molar-refractivity contribution in [3.05, 3.63) is 27.3 Å². The Morgan fingerprint density at radius 3 is 2.67 bits per heavy atom. The first-order chi connectivity index (χ1) is 8.19. The van der Waals surface area contributed by atoms with Crippen LogP contribution in [-0.2, 0) is 16.0 Å². The van der Waals surface area contributed by atoms with E-state index >= 15 is 0 Å². The molecule has 0 aliphatic carbocycles. The molecule has 0 fully saturated rings. The third kappa shape index (κ3) is 4.81. The maximum Gasteiger partial charge on any atom is 0.323 e. The Morgan fingerprint density at radius 2 is 2.11 bits per heavy atom. The molecule has 3 N–H and O–H groups in total. The van der Waals surface area contributed by atoms with Gasteiger partial charge in [-0.15, -0.1) is 0 Å². The van der Waals surface area contributed by atoms with Crippen LogP contribution in [0.15, 0.2) is 18.2 Å². The number of phenols is 1. The molecule has 0 aliphatic rings. The highest BCUT2D eigenvalue weighted by Gasteiger charge is 2.22. The van der Waals surface area contributed by atoms with Crippen LogP contribution in [0.5, 0.6) is 5.75 Å².